The third kappa shape index (κ3) is 12.0. The minimum absolute atomic E-state index is 0.0551. The predicted octanol–water partition coefficient (Wildman–Crippen LogP) is 6.65. The number of aliphatic carboxylic acids is 2. The van der Waals surface area contributed by atoms with Gasteiger partial charge >= 0.3 is 18.1 Å². The number of nitrogens with zero attached hydrogens (tertiary/aromatic N) is 3. The zero-order valence-electron chi connectivity index (χ0n) is 32.0. The highest BCUT2D eigenvalue weighted by atomic mass is 32.2. The van der Waals surface area contributed by atoms with Crippen molar-refractivity contribution in [1.82, 2.24) is 14.4 Å². The smallest absolute Gasteiger partial charge is 0.416 e. The van der Waals surface area contributed by atoms with E-state index in [0.717, 1.165) is 67.0 Å². The van der Waals surface area contributed by atoms with Crippen molar-refractivity contribution in [2.75, 3.05) is 26.2 Å². The Kier molecular flexibility index (Phi) is 15.6. The number of likely N-dealkylation sites (tertiary alicyclic amines) is 1. The zero-order valence-corrected chi connectivity index (χ0v) is 32.8. The number of rotatable bonds is 14. The second-order valence-electron chi connectivity index (χ2n) is 14.0. The SMILES string of the molecule is O=C(Cn1c(SCc2cccc(F)c2F)cc(=O)c2ccccc21)N(CCN1CCCCC1)Cc1ccc(-c2ccc(C(F)(F)F)cc2)cc1.O=C(O)[C@H](O)[C@@H](O)C(=O)O. The van der Waals surface area contributed by atoms with Crippen LogP contribution in [0.3, 0.4) is 0 Å². The maximum absolute atomic E-state index is 14.5. The van der Waals surface area contributed by atoms with Gasteiger partial charge in [0.05, 0.1) is 16.1 Å². The van der Waals surface area contributed by atoms with Crippen molar-refractivity contribution in [2.45, 2.75) is 61.5 Å². The molecule has 6 rings (SSSR count). The molecule has 318 valence electrons. The lowest BCUT2D eigenvalue weighted by Gasteiger charge is -2.31. The Hall–Kier alpha value is -5.62. The fraction of sp³-hybridized carbons (Fsp3) is 0.302. The maximum Gasteiger partial charge on any atom is 0.416 e. The quantitative estimate of drug-likeness (QED) is 0.0704. The van der Waals surface area contributed by atoms with Crippen LogP contribution in [-0.4, -0.2) is 91.0 Å². The maximum atomic E-state index is 14.5. The first kappa shape index (κ1) is 45.5. The zero-order chi connectivity index (χ0) is 43.6. The standard InChI is InChI=1S/C39H36F5N3O2S.C4H6O6/c40-33-9-6-7-30(38(33)41)26-50-37-23-35(48)32-8-2-3-10-34(32)47(37)25-36(49)46(22-21-45-19-4-1-5-20-45)24-27-11-13-28(14-12-27)29-15-17-31(18-16-29)39(42,43)44;5-1(3(7)8)2(6)4(9)10/h2-3,6-18,23H,1,4-5,19-22,24-26H2;1-2,5-6H,(H,7,8)(H,9,10)/t;1-,2-/m.1/s1. The number of hydrogen-bond donors (Lipinski definition) is 4. The molecule has 4 aromatic carbocycles. The summed E-state index contributed by atoms with van der Waals surface area (Å²) in [5, 5.41) is 33.4. The summed E-state index contributed by atoms with van der Waals surface area (Å²) in [7, 11) is 0. The van der Waals surface area contributed by atoms with E-state index in [1.165, 1.54) is 36.8 Å². The Bertz CT molecular complexity index is 2320. The number of aromatic nitrogens is 1. The number of fused-ring (bicyclic) bond motifs is 1. The van der Waals surface area contributed by atoms with Gasteiger partial charge in [-0.1, -0.05) is 67.1 Å². The Balaban J connectivity index is 0.000000606. The third-order valence-corrected chi connectivity index (χ3v) is 10.9. The number of carbonyl (C=O) groups is 3. The van der Waals surface area contributed by atoms with Gasteiger partial charge in [0.25, 0.3) is 0 Å². The molecule has 1 saturated heterocycles. The number of benzene rings is 4. The average molecular weight is 856 g/mol. The van der Waals surface area contributed by atoms with E-state index in [0.29, 0.717) is 41.1 Å². The van der Waals surface area contributed by atoms with E-state index >= 15 is 0 Å². The van der Waals surface area contributed by atoms with E-state index in [1.54, 1.807) is 33.7 Å². The molecule has 17 heteroatoms. The summed E-state index contributed by atoms with van der Waals surface area (Å²) in [6.45, 7) is 3.31. The fourth-order valence-electron chi connectivity index (χ4n) is 6.52. The van der Waals surface area contributed by atoms with Crippen LogP contribution in [0.25, 0.3) is 22.0 Å². The van der Waals surface area contributed by atoms with Gasteiger partial charge < -0.3 is 34.8 Å². The van der Waals surface area contributed by atoms with E-state index in [1.807, 2.05) is 24.3 Å². The number of amides is 1. The summed E-state index contributed by atoms with van der Waals surface area (Å²) in [6.07, 6.45) is -5.55. The topological polar surface area (TPSA) is 161 Å². The number of halogens is 5. The Morgan fingerprint density at radius 2 is 1.38 bits per heavy atom. The van der Waals surface area contributed by atoms with Crippen LogP contribution in [0.5, 0.6) is 0 Å². The molecule has 0 unspecified atom stereocenters. The molecule has 60 heavy (non-hydrogen) atoms. The number of carboxylic acids is 2. The van der Waals surface area contributed by atoms with E-state index < -0.39 is 47.5 Å². The van der Waals surface area contributed by atoms with Gasteiger partial charge in [0.2, 0.25) is 5.91 Å². The van der Waals surface area contributed by atoms with Crippen LogP contribution < -0.4 is 5.43 Å². The molecule has 1 fully saturated rings. The summed E-state index contributed by atoms with van der Waals surface area (Å²) < 4.78 is 69.4. The van der Waals surface area contributed by atoms with Crippen molar-refractivity contribution in [3.63, 3.8) is 0 Å². The molecule has 0 aliphatic carbocycles. The first-order chi connectivity index (χ1) is 28.5. The number of alkyl halides is 3. The number of aliphatic hydroxyl groups excluding tert-OH is 2. The number of hydrogen-bond acceptors (Lipinski definition) is 8. The van der Waals surface area contributed by atoms with Crippen LogP contribution in [0.2, 0.25) is 0 Å². The van der Waals surface area contributed by atoms with Crippen molar-refractivity contribution in [3.8, 4) is 11.1 Å². The van der Waals surface area contributed by atoms with Crippen molar-refractivity contribution in [1.29, 1.82) is 0 Å². The van der Waals surface area contributed by atoms with Crippen LogP contribution in [0.15, 0.2) is 107 Å². The summed E-state index contributed by atoms with van der Waals surface area (Å²) in [4.78, 5) is 51.0. The largest absolute Gasteiger partial charge is 0.479 e. The third-order valence-electron chi connectivity index (χ3n) is 9.85. The van der Waals surface area contributed by atoms with Crippen molar-refractivity contribution in [3.05, 3.63) is 136 Å². The molecular weight excluding hydrogens is 814 g/mol. The summed E-state index contributed by atoms with van der Waals surface area (Å²) in [6, 6.07) is 24.9. The van der Waals surface area contributed by atoms with Crippen LogP contribution in [0.4, 0.5) is 22.0 Å². The molecule has 1 aliphatic heterocycles. The molecule has 1 aromatic heterocycles. The average Bonchev–Trinajstić information content (AvgIpc) is 3.24. The number of carbonyl (C=O) groups excluding carboxylic acids is 1. The first-order valence-electron chi connectivity index (χ1n) is 18.8. The van der Waals surface area contributed by atoms with Gasteiger partial charge in [-0.25, -0.2) is 18.4 Å². The van der Waals surface area contributed by atoms with E-state index in [-0.39, 0.29) is 29.2 Å². The first-order valence-corrected chi connectivity index (χ1v) is 19.8. The van der Waals surface area contributed by atoms with Crippen LogP contribution in [-0.2, 0) is 39.4 Å². The molecule has 5 aromatic rings. The lowest BCUT2D eigenvalue weighted by Crippen LogP contribution is -2.41. The van der Waals surface area contributed by atoms with Crippen molar-refractivity contribution < 1.29 is 56.8 Å². The number of piperidine rings is 1. The van der Waals surface area contributed by atoms with Crippen LogP contribution in [0.1, 0.15) is 36.0 Å². The highest BCUT2D eigenvalue weighted by Crippen LogP contribution is 2.31. The van der Waals surface area contributed by atoms with Crippen LogP contribution >= 0.6 is 11.8 Å². The molecule has 1 amide bonds. The Labute approximate surface area is 345 Å². The van der Waals surface area contributed by atoms with Gasteiger partial charge in [-0.05, 0) is 73.0 Å². The number of pyridine rings is 1. The summed E-state index contributed by atoms with van der Waals surface area (Å²) in [5.41, 5.74) is 2.03. The van der Waals surface area contributed by atoms with Gasteiger partial charge in [0.1, 0.15) is 6.54 Å². The molecule has 0 radical (unpaired) electrons. The molecule has 1 aliphatic rings. The van der Waals surface area contributed by atoms with Gasteiger partial charge in [-0.15, -0.1) is 11.8 Å². The van der Waals surface area contributed by atoms with Crippen LogP contribution in [0, 0.1) is 11.6 Å². The van der Waals surface area contributed by atoms with Crippen molar-refractivity contribution >= 4 is 40.5 Å². The molecule has 4 N–H and O–H groups in total. The Morgan fingerprint density at radius 3 is 1.98 bits per heavy atom. The van der Waals surface area contributed by atoms with E-state index in [4.69, 9.17) is 20.4 Å². The predicted molar refractivity (Wildman–Crippen MR) is 214 cm³/mol. The monoisotopic (exact) mass is 855 g/mol. The highest BCUT2D eigenvalue weighted by molar-refractivity contribution is 7.98. The number of aliphatic hydroxyl groups is 2. The minimum Gasteiger partial charge on any atom is -0.479 e. The number of para-hydroxylation sites is 1. The van der Waals surface area contributed by atoms with E-state index in [9.17, 15) is 41.1 Å². The van der Waals surface area contributed by atoms with Gasteiger partial charge in [-0.3, -0.25) is 9.59 Å². The number of carboxylic acid groups (broad SMARTS) is 2. The molecule has 2 heterocycles. The highest BCUT2D eigenvalue weighted by Gasteiger charge is 2.30. The molecule has 0 spiro atoms. The lowest BCUT2D eigenvalue weighted by atomic mass is 10.0. The molecule has 0 bridgehead atoms. The minimum atomic E-state index is -4.41. The number of thioether (sulfide) groups is 1. The van der Waals surface area contributed by atoms with Gasteiger partial charge in [0, 0.05) is 42.4 Å². The molecule has 2 atom stereocenters. The van der Waals surface area contributed by atoms with E-state index in [2.05, 4.69) is 4.90 Å². The summed E-state index contributed by atoms with van der Waals surface area (Å²) in [5.74, 6) is -5.56. The lowest BCUT2D eigenvalue weighted by molar-refractivity contribution is -0.165. The normalized spacial score (nSPS) is 14.2. The fourth-order valence-corrected chi connectivity index (χ4v) is 7.55. The molecule has 0 saturated carbocycles. The molecule has 11 nitrogen and oxygen atoms in total. The Morgan fingerprint density at radius 1 is 0.783 bits per heavy atom. The molecular formula is C43H42F5N3O8S. The second kappa shape index (κ2) is 20.6. The van der Waals surface area contributed by atoms with Gasteiger partial charge in [0.15, 0.2) is 29.3 Å². The van der Waals surface area contributed by atoms with Gasteiger partial charge in [-0.2, -0.15) is 13.2 Å². The second-order valence-corrected chi connectivity index (χ2v) is 15.0. The van der Waals surface area contributed by atoms with Crippen molar-refractivity contribution in [2.24, 2.45) is 0 Å². The summed E-state index contributed by atoms with van der Waals surface area (Å²) >= 11 is 1.16.